The van der Waals surface area contributed by atoms with E-state index in [2.05, 4.69) is 4.98 Å². The molecule has 10 heteroatoms. The van der Waals surface area contributed by atoms with Gasteiger partial charge >= 0.3 is 5.97 Å². The first-order valence-corrected chi connectivity index (χ1v) is 9.31. The van der Waals surface area contributed by atoms with E-state index in [1.807, 2.05) is 0 Å². The number of hydrogen-bond donors (Lipinski definition) is 0. The summed E-state index contributed by atoms with van der Waals surface area (Å²) in [5, 5.41) is 2.03. The van der Waals surface area contributed by atoms with E-state index in [0.717, 1.165) is 11.2 Å². The SMILES string of the molecule is CC(=O)OC1=C(N2CCCS2(=O)=O)OC(C)(c2nccs2)C1=O. The summed E-state index contributed by atoms with van der Waals surface area (Å²) in [5.41, 5.74) is -1.51. The molecule has 0 aliphatic carbocycles. The second-order valence-corrected chi connectivity index (χ2v) is 8.18. The van der Waals surface area contributed by atoms with Crippen LogP contribution in [0.1, 0.15) is 25.3 Å². The highest BCUT2D eigenvalue weighted by Gasteiger charge is 2.54. The number of hydrogen-bond acceptors (Lipinski definition) is 8. The standard InChI is InChI=1S/C13H14N2O6S2/c1-8(16)20-9-10(17)13(2,12-14-4-6-22-12)21-11(9)15-5-3-7-23(15,18)19/h4,6H,3,5,7H2,1-2H3. The van der Waals surface area contributed by atoms with Crippen molar-refractivity contribution in [3.63, 3.8) is 0 Å². The fourth-order valence-corrected chi connectivity index (χ4v) is 4.69. The summed E-state index contributed by atoms with van der Waals surface area (Å²) in [4.78, 5) is 28.1. The lowest BCUT2D eigenvalue weighted by Crippen LogP contribution is -2.32. The minimum Gasteiger partial charge on any atom is -0.453 e. The zero-order chi connectivity index (χ0) is 16.8. The van der Waals surface area contributed by atoms with Crippen LogP contribution in [0.5, 0.6) is 0 Å². The number of ether oxygens (including phenoxy) is 2. The van der Waals surface area contributed by atoms with Crippen LogP contribution in [-0.4, -0.2) is 41.8 Å². The third-order valence-electron chi connectivity index (χ3n) is 3.55. The average Bonchev–Trinajstić information content (AvgIpc) is 3.14. The Hall–Kier alpha value is -1.94. The second kappa shape index (κ2) is 5.31. The number of aromatic nitrogens is 1. The zero-order valence-corrected chi connectivity index (χ0v) is 14.1. The van der Waals surface area contributed by atoms with Gasteiger partial charge in [-0.3, -0.25) is 9.59 Å². The molecule has 1 aromatic heterocycles. The van der Waals surface area contributed by atoms with Gasteiger partial charge in [-0.2, -0.15) is 0 Å². The summed E-state index contributed by atoms with van der Waals surface area (Å²) in [5.74, 6) is -2.02. The van der Waals surface area contributed by atoms with Crippen LogP contribution in [0, 0.1) is 0 Å². The molecule has 1 atom stereocenters. The number of carbonyl (C=O) groups is 2. The van der Waals surface area contributed by atoms with Crippen molar-refractivity contribution in [1.29, 1.82) is 0 Å². The normalized spacial score (nSPS) is 26.5. The zero-order valence-electron chi connectivity index (χ0n) is 12.4. The smallest absolute Gasteiger partial charge is 0.308 e. The maximum atomic E-state index is 12.7. The summed E-state index contributed by atoms with van der Waals surface area (Å²) >= 11 is 1.20. The highest BCUT2D eigenvalue weighted by atomic mass is 32.2. The van der Waals surface area contributed by atoms with Crippen LogP contribution in [0.3, 0.4) is 0 Å². The Bertz CT molecular complexity index is 798. The van der Waals surface area contributed by atoms with Crippen molar-refractivity contribution in [3.05, 3.63) is 28.2 Å². The molecule has 3 heterocycles. The van der Waals surface area contributed by atoms with Crippen molar-refractivity contribution >= 4 is 33.1 Å². The molecule has 2 aliphatic heterocycles. The quantitative estimate of drug-likeness (QED) is 0.734. The van der Waals surface area contributed by atoms with Crippen molar-refractivity contribution in [3.8, 4) is 0 Å². The molecular formula is C13H14N2O6S2. The Morgan fingerprint density at radius 2 is 2.26 bits per heavy atom. The molecule has 1 fully saturated rings. The van der Waals surface area contributed by atoms with Crippen LogP contribution in [-0.2, 0) is 34.7 Å². The third kappa shape index (κ3) is 2.51. The topological polar surface area (TPSA) is 103 Å². The molecule has 3 rings (SSSR count). The number of sulfonamides is 1. The van der Waals surface area contributed by atoms with Crippen molar-refractivity contribution < 1.29 is 27.5 Å². The Balaban J connectivity index is 2.08. The number of carbonyl (C=O) groups excluding carboxylic acids is 2. The van der Waals surface area contributed by atoms with Crippen LogP contribution >= 0.6 is 11.3 Å². The Labute approximate surface area is 136 Å². The lowest BCUT2D eigenvalue weighted by molar-refractivity contribution is -0.142. The summed E-state index contributed by atoms with van der Waals surface area (Å²) in [6.45, 7) is 2.78. The number of thiazole rings is 1. The molecule has 0 saturated carbocycles. The van der Waals surface area contributed by atoms with Gasteiger partial charge in [0.15, 0.2) is 0 Å². The van der Waals surface area contributed by atoms with E-state index >= 15 is 0 Å². The number of Topliss-reactive ketones (excluding diaryl/α,β-unsaturated/α-hetero) is 1. The van der Waals surface area contributed by atoms with E-state index in [4.69, 9.17) is 9.47 Å². The Kier molecular flexibility index (Phi) is 3.68. The molecule has 124 valence electrons. The lowest BCUT2D eigenvalue weighted by atomic mass is 10.0. The molecule has 8 nitrogen and oxygen atoms in total. The van der Waals surface area contributed by atoms with Gasteiger partial charge < -0.3 is 9.47 Å². The van der Waals surface area contributed by atoms with Gasteiger partial charge in [-0.05, 0) is 13.3 Å². The van der Waals surface area contributed by atoms with E-state index in [-0.39, 0.29) is 23.9 Å². The van der Waals surface area contributed by atoms with Gasteiger partial charge in [-0.15, -0.1) is 11.3 Å². The minimum absolute atomic E-state index is 0.0463. The maximum absolute atomic E-state index is 12.7. The van der Waals surface area contributed by atoms with Gasteiger partial charge in [0.05, 0.1) is 5.75 Å². The first-order valence-electron chi connectivity index (χ1n) is 6.82. The molecule has 0 amide bonds. The molecule has 1 aromatic rings. The number of rotatable bonds is 3. The molecule has 1 unspecified atom stereocenters. The van der Waals surface area contributed by atoms with Crippen LogP contribution in [0.15, 0.2) is 23.2 Å². The van der Waals surface area contributed by atoms with E-state index in [0.29, 0.717) is 11.4 Å². The summed E-state index contributed by atoms with van der Waals surface area (Å²) in [6, 6.07) is 0. The third-order valence-corrected chi connectivity index (χ3v) is 6.35. The first kappa shape index (κ1) is 15.9. The van der Waals surface area contributed by atoms with Crippen molar-refractivity contribution in [2.75, 3.05) is 12.3 Å². The predicted molar refractivity (Wildman–Crippen MR) is 79.5 cm³/mol. The van der Waals surface area contributed by atoms with Gasteiger partial charge in [0.2, 0.25) is 21.4 Å². The maximum Gasteiger partial charge on any atom is 0.308 e. The van der Waals surface area contributed by atoms with E-state index < -0.39 is 27.4 Å². The van der Waals surface area contributed by atoms with Gasteiger partial charge in [0.1, 0.15) is 5.01 Å². The van der Waals surface area contributed by atoms with E-state index in [1.165, 1.54) is 24.5 Å². The predicted octanol–water partition coefficient (Wildman–Crippen LogP) is 0.725. The highest BCUT2D eigenvalue weighted by Crippen LogP contribution is 2.42. The highest BCUT2D eigenvalue weighted by molar-refractivity contribution is 7.89. The van der Waals surface area contributed by atoms with Crippen LogP contribution in [0.25, 0.3) is 0 Å². The van der Waals surface area contributed by atoms with E-state index in [1.54, 1.807) is 5.38 Å². The fourth-order valence-electron chi connectivity index (χ4n) is 2.47. The Morgan fingerprint density at radius 1 is 1.52 bits per heavy atom. The number of ketones is 1. The summed E-state index contributed by atoms with van der Waals surface area (Å²) < 4.78 is 35.9. The Morgan fingerprint density at radius 3 is 2.78 bits per heavy atom. The second-order valence-electron chi connectivity index (χ2n) is 5.27. The van der Waals surface area contributed by atoms with Crippen molar-refractivity contribution in [1.82, 2.24) is 9.29 Å². The molecule has 0 bridgehead atoms. The van der Waals surface area contributed by atoms with Crippen LogP contribution < -0.4 is 0 Å². The molecule has 1 saturated heterocycles. The number of esters is 1. The fraction of sp³-hybridized carbons (Fsp3) is 0.462. The van der Waals surface area contributed by atoms with Crippen LogP contribution in [0.2, 0.25) is 0 Å². The average molecular weight is 358 g/mol. The van der Waals surface area contributed by atoms with Crippen LogP contribution in [0.4, 0.5) is 0 Å². The lowest BCUT2D eigenvalue weighted by Gasteiger charge is -2.23. The molecule has 0 aromatic carbocycles. The summed E-state index contributed by atoms with van der Waals surface area (Å²) in [7, 11) is -3.59. The molecular weight excluding hydrogens is 344 g/mol. The minimum atomic E-state index is -3.59. The first-order chi connectivity index (χ1) is 10.8. The van der Waals surface area contributed by atoms with Gasteiger partial charge in [0.25, 0.3) is 11.7 Å². The summed E-state index contributed by atoms with van der Waals surface area (Å²) in [6.07, 6.45) is 1.92. The van der Waals surface area contributed by atoms with Crippen molar-refractivity contribution in [2.45, 2.75) is 25.9 Å². The molecule has 2 aliphatic rings. The van der Waals surface area contributed by atoms with Crippen molar-refractivity contribution in [2.24, 2.45) is 0 Å². The monoisotopic (exact) mass is 358 g/mol. The number of nitrogens with zero attached hydrogens (tertiary/aromatic N) is 2. The van der Waals surface area contributed by atoms with Gasteiger partial charge in [0, 0.05) is 25.0 Å². The van der Waals surface area contributed by atoms with Gasteiger partial charge in [-0.1, -0.05) is 0 Å². The molecule has 0 radical (unpaired) electrons. The molecule has 0 N–H and O–H groups in total. The molecule has 23 heavy (non-hydrogen) atoms. The van der Waals surface area contributed by atoms with E-state index in [9.17, 15) is 18.0 Å². The molecule has 0 spiro atoms. The van der Waals surface area contributed by atoms with Gasteiger partial charge in [-0.25, -0.2) is 17.7 Å². The largest absolute Gasteiger partial charge is 0.453 e.